The Kier molecular flexibility index (Phi) is 7.52. The average Bonchev–Trinajstić information content (AvgIpc) is 2.61. The molecule has 5 nitrogen and oxygen atoms in total. The number of rotatable bonds is 8. The van der Waals surface area contributed by atoms with Gasteiger partial charge in [-0.2, -0.15) is 0 Å². The van der Waals surface area contributed by atoms with Crippen LogP contribution >= 0.6 is 0 Å². The Bertz CT molecular complexity index is 457. The Morgan fingerprint density at radius 2 is 1.87 bits per heavy atom. The Balaban J connectivity index is 1.97. The van der Waals surface area contributed by atoms with Gasteiger partial charge >= 0.3 is 0 Å². The number of hydrogen-bond acceptors (Lipinski definition) is 4. The monoisotopic (exact) mass is 319 g/mol. The zero-order valence-electron chi connectivity index (χ0n) is 14.3. The molecule has 1 heterocycles. The van der Waals surface area contributed by atoms with Crippen LogP contribution in [0.2, 0.25) is 0 Å². The maximum atomic E-state index is 12.8. The van der Waals surface area contributed by atoms with Crippen molar-refractivity contribution in [3.63, 3.8) is 0 Å². The standard InChI is InChI=1S/C18H29N3O2/c1-3-21(4-2)18(22)17(16-8-6-5-7-9-16)19-10-11-20-12-14-23-15-13-20/h5-9,17,19H,3-4,10-15H2,1-2H3. The lowest BCUT2D eigenvalue weighted by Gasteiger charge is -2.29. The third-order valence-corrected chi connectivity index (χ3v) is 4.34. The average molecular weight is 319 g/mol. The largest absolute Gasteiger partial charge is 0.379 e. The van der Waals surface area contributed by atoms with E-state index in [1.54, 1.807) is 0 Å². The number of benzene rings is 1. The molecule has 1 aromatic carbocycles. The molecule has 0 bridgehead atoms. The molecule has 0 saturated carbocycles. The first-order valence-corrected chi connectivity index (χ1v) is 8.63. The molecule has 0 aromatic heterocycles. The van der Waals surface area contributed by atoms with Crippen LogP contribution in [-0.2, 0) is 9.53 Å². The summed E-state index contributed by atoms with van der Waals surface area (Å²) in [5, 5.41) is 3.46. The summed E-state index contributed by atoms with van der Waals surface area (Å²) < 4.78 is 5.37. The van der Waals surface area contributed by atoms with Crippen LogP contribution in [0.3, 0.4) is 0 Å². The van der Waals surface area contributed by atoms with Gasteiger partial charge in [0.2, 0.25) is 5.91 Å². The van der Waals surface area contributed by atoms with Gasteiger partial charge in [-0.05, 0) is 19.4 Å². The molecular weight excluding hydrogens is 290 g/mol. The minimum Gasteiger partial charge on any atom is -0.379 e. The van der Waals surface area contributed by atoms with Crippen molar-refractivity contribution in [1.82, 2.24) is 15.1 Å². The van der Waals surface area contributed by atoms with Crippen molar-refractivity contribution >= 4 is 5.91 Å². The number of hydrogen-bond donors (Lipinski definition) is 1. The van der Waals surface area contributed by atoms with E-state index in [9.17, 15) is 4.79 Å². The first-order chi connectivity index (χ1) is 11.3. The smallest absolute Gasteiger partial charge is 0.244 e. The van der Waals surface area contributed by atoms with E-state index in [2.05, 4.69) is 10.2 Å². The second kappa shape index (κ2) is 9.65. The molecule has 0 spiro atoms. The van der Waals surface area contributed by atoms with Gasteiger partial charge in [0.05, 0.1) is 13.2 Å². The molecule has 0 aliphatic carbocycles. The van der Waals surface area contributed by atoms with Gasteiger partial charge < -0.3 is 15.0 Å². The van der Waals surface area contributed by atoms with Gasteiger partial charge in [-0.25, -0.2) is 0 Å². The summed E-state index contributed by atoms with van der Waals surface area (Å²) in [6.45, 7) is 10.8. The summed E-state index contributed by atoms with van der Waals surface area (Å²) >= 11 is 0. The number of nitrogens with zero attached hydrogens (tertiary/aromatic N) is 2. The van der Waals surface area contributed by atoms with Crippen molar-refractivity contribution in [2.45, 2.75) is 19.9 Å². The fraction of sp³-hybridized carbons (Fsp3) is 0.611. The predicted octanol–water partition coefficient (Wildman–Crippen LogP) is 1.52. The van der Waals surface area contributed by atoms with Gasteiger partial charge in [0.25, 0.3) is 0 Å². The molecule has 1 aliphatic heterocycles. The number of carbonyl (C=O) groups is 1. The van der Waals surface area contributed by atoms with Gasteiger partial charge in [-0.1, -0.05) is 30.3 Å². The van der Waals surface area contributed by atoms with Crippen LogP contribution < -0.4 is 5.32 Å². The molecule has 1 atom stereocenters. The molecule has 1 saturated heterocycles. The molecule has 0 radical (unpaired) electrons. The normalized spacial score (nSPS) is 17.0. The van der Waals surface area contributed by atoms with Crippen LogP contribution in [0, 0.1) is 0 Å². The Labute approximate surface area is 139 Å². The molecule has 1 aromatic rings. The summed E-state index contributed by atoms with van der Waals surface area (Å²) in [4.78, 5) is 17.1. The molecule has 2 rings (SSSR count). The SMILES string of the molecule is CCN(CC)C(=O)C(NCCN1CCOCC1)c1ccccc1. The third kappa shape index (κ3) is 5.30. The van der Waals surface area contributed by atoms with E-state index in [0.29, 0.717) is 0 Å². The molecule has 1 amide bonds. The van der Waals surface area contributed by atoms with Gasteiger partial charge in [0.15, 0.2) is 0 Å². The van der Waals surface area contributed by atoms with Crippen LogP contribution in [0.15, 0.2) is 30.3 Å². The lowest BCUT2D eigenvalue weighted by Crippen LogP contribution is -2.44. The molecule has 1 unspecified atom stereocenters. The molecule has 1 N–H and O–H groups in total. The van der Waals surface area contributed by atoms with Gasteiger partial charge in [0.1, 0.15) is 6.04 Å². The predicted molar refractivity (Wildman–Crippen MR) is 92.4 cm³/mol. The lowest BCUT2D eigenvalue weighted by atomic mass is 10.1. The summed E-state index contributed by atoms with van der Waals surface area (Å²) in [7, 11) is 0. The molecule has 128 valence electrons. The highest BCUT2D eigenvalue weighted by Gasteiger charge is 2.24. The summed E-state index contributed by atoms with van der Waals surface area (Å²) in [6, 6.07) is 9.73. The van der Waals surface area contributed by atoms with E-state index in [1.165, 1.54) is 0 Å². The maximum absolute atomic E-state index is 12.8. The van der Waals surface area contributed by atoms with Crippen LogP contribution in [0.5, 0.6) is 0 Å². The first-order valence-electron chi connectivity index (χ1n) is 8.63. The van der Waals surface area contributed by atoms with E-state index in [0.717, 1.165) is 58.0 Å². The molecule has 1 aliphatic rings. The fourth-order valence-corrected chi connectivity index (χ4v) is 2.90. The second-order valence-corrected chi connectivity index (χ2v) is 5.76. The number of nitrogens with one attached hydrogen (secondary N) is 1. The van der Waals surface area contributed by atoms with Crippen molar-refractivity contribution in [1.29, 1.82) is 0 Å². The van der Waals surface area contributed by atoms with Crippen molar-refractivity contribution < 1.29 is 9.53 Å². The van der Waals surface area contributed by atoms with Crippen molar-refractivity contribution in [3.05, 3.63) is 35.9 Å². The zero-order chi connectivity index (χ0) is 16.5. The van der Waals surface area contributed by atoms with Crippen LogP contribution in [0.4, 0.5) is 0 Å². The van der Waals surface area contributed by atoms with Gasteiger partial charge in [-0.15, -0.1) is 0 Å². The third-order valence-electron chi connectivity index (χ3n) is 4.34. The Hall–Kier alpha value is -1.43. The first kappa shape index (κ1) is 17.9. The Morgan fingerprint density at radius 1 is 1.22 bits per heavy atom. The lowest BCUT2D eigenvalue weighted by molar-refractivity contribution is -0.133. The minimum absolute atomic E-state index is 0.156. The van der Waals surface area contributed by atoms with E-state index < -0.39 is 0 Å². The topological polar surface area (TPSA) is 44.8 Å². The maximum Gasteiger partial charge on any atom is 0.244 e. The molecular formula is C18H29N3O2. The minimum atomic E-state index is -0.267. The van der Waals surface area contributed by atoms with E-state index >= 15 is 0 Å². The zero-order valence-corrected chi connectivity index (χ0v) is 14.3. The highest BCUT2D eigenvalue weighted by atomic mass is 16.5. The highest BCUT2D eigenvalue weighted by Crippen LogP contribution is 2.15. The second-order valence-electron chi connectivity index (χ2n) is 5.76. The Morgan fingerprint density at radius 3 is 2.48 bits per heavy atom. The van der Waals surface area contributed by atoms with Crippen molar-refractivity contribution in [2.24, 2.45) is 0 Å². The van der Waals surface area contributed by atoms with E-state index in [-0.39, 0.29) is 11.9 Å². The van der Waals surface area contributed by atoms with Crippen LogP contribution in [-0.4, -0.2) is 68.2 Å². The number of likely N-dealkylation sites (N-methyl/N-ethyl adjacent to an activating group) is 1. The van der Waals surface area contributed by atoms with Crippen molar-refractivity contribution in [3.8, 4) is 0 Å². The van der Waals surface area contributed by atoms with Crippen LogP contribution in [0.25, 0.3) is 0 Å². The number of carbonyl (C=O) groups excluding carboxylic acids is 1. The molecule has 5 heteroatoms. The van der Waals surface area contributed by atoms with E-state index in [4.69, 9.17) is 4.74 Å². The molecule has 23 heavy (non-hydrogen) atoms. The number of amides is 1. The fourth-order valence-electron chi connectivity index (χ4n) is 2.90. The van der Waals surface area contributed by atoms with Crippen molar-refractivity contribution in [2.75, 3.05) is 52.5 Å². The van der Waals surface area contributed by atoms with Crippen LogP contribution in [0.1, 0.15) is 25.5 Å². The number of ether oxygens (including phenoxy) is 1. The summed E-state index contributed by atoms with van der Waals surface area (Å²) in [5.74, 6) is 0.156. The summed E-state index contributed by atoms with van der Waals surface area (Å²) in [6.07, 6.45) is 0. The van der Waals surface area contributed by atoms with Gasteiger partial charge in [0, 0.05) is 39.3 Å². The van der Waals surface area contributed by atoms with Gasteiger partial charge in [-0.3, -0.25) is 9.69 Å². The van der Waals surface area contributed by atoms with E-state index in [1.807, 2.05) is 49.1 Å². The quantitative estimate of drug-likeness (QED) is 0.789. The summed E-state index contributed by atoms with van der Waals surface area (Å²) in [5.41, 5.74) is 1.03. The molecule has 1 fully saturated rings. The highest BCUT2D eigenvalue weighted by molar-refractivity contribution is 5.83. The number of morpholine rings is 1.